The van der Waals surface area contributed by atoms with Gasteiger partial charge in [0.25, 0.3) is 5.91 Å². The lowest BCUT2D eigenvalue weighted by Crippen LogP contribution is -2.30. The summed E-state index contributed by atoms with van der Waals surface area (Å²) in [5.41, 5.74) is 2.83. The highest BCUT2D eigenvalue weighted by molar-refractivity contribution is 6.70. The average molecular weight is 506 g/mol. The molecule has 3 aromatic rings. The molecule has 0 spiro atoms. The van der Waals surface area contributed by atoms with E-state index in [4.69, 9.17) is 16.3 Å². The Morgan fingerprint density at radius 3 is 2.31 bits per heavy atom. The van der Waals surface area contributed by atoms with Crippen LogP contribution in [0.5, 0.6) is 5.75 Å². The zero-order chi connectivity index (χ0) is 26.2. The van der Waals surface area contributed by atoms with Gasteiger partial charge in [-0.3, -0.25) is 14.4 Å². The van der Waals surface area contributed by atoms with Crippen LogP contribution in [0.15, 0.2) is 65.7 Å². The van der Waals surface area contributed by atoms with E-state index in [9.17, 15) is 14.4 Å². The molecule has 1 amide bonds. The van der Waals surface area contributed by atoms with Crippen LogP contribution in [0.25, 0.3) is 0 Å². The maximum absolute atomic E-state index is 13.4. The highest BCUT2D eigenvalue weighted by Gasteiger charge is 2.24. The molecule has 0 saturated heterocycles. The number of anilines is 2. The normalized spacial score (nSPS) is 11.1. The van der Waals surface area contributed by atoms with Gasteiger partial charge in [-0.2, -0.15) is 0 Å². The van der Waals surface area contributed by atoms with Crippen molar-refractivity contribution < 1.29 is 19.1 Å². The molecular weight excluding hydrogens is 478 g/mol. The van der Waals surface area contributed by atoms with E-state index in [0.717, 1.165) is 24.3 Å². The SMILES string of the molecule is CCN(CC)c1ccc(N=C(C(=O)Nc2cc(C=O)ccc2Cl)C(=O)c2ccc(OC)cc2)c(C)c1. The number of benzene rings is 3. The van der Waals surface area contributed by atoms with Gasteiger partial charge in [-0.1, -0.05) is 17.7 Å². The standard InChI is InChI=1S/C28H28ClN3O4/c1-5-32(6-2)21-10-14-24(18(3)15-21)30-26(27(34)20-8-11-22(36-4)12-9-20)28(35)31-25-16-19(17-33)7-13-23(25)29/h7-17H,5-6H2,1-4H3,(H,31,35). The number of Topliss-reactive ketones (excluding diaryl/α,β-unsaturated/α-hetero) is 1. The van der Waals surface area contributed by atoms with Crippen molar-refractivity contribution in [1.82, 2.24) is 0 Å². The molecule has 0 aromatic heterocycles. The van der Waals surface area contributed by atoms with Gasteiger partial charge in [-0.25, -0.2) is 4.99 Å². The molecular formula is C28H28ClN3O4. The van der Waals surface area contributed by atoms with Crippen LogP contribution in [0.1, 0.15) is 40.1 Å². The van der Waals surface area contributed by atoms with Crippen molar-refractivity contribution in [2.75, 3.05) is 30.4 Å². The fraction of sp³-hybridized carbons (Fsp3) is 0.214. The zero-order valence-corrected chi connectivity index (χ0v) is 21.4. The average Bonchev–Trinajstić information content (AvgIpc) is 2.89. The van der Waals surface area contributed by atoms with E-state index in [-0.39, 0.29) is 22.0 Å². The van der Waals surface area contributed by atoms with Crippen molar-refractivity contribution in [3.05, 3.63) is 82.4 Å². The van der Waals surface area contributed by atoms with Crippen LogP contribution in [-0.2, 0) is 4.79 Å². The molecule has 0 aliphatic carbocycles. The first-order valence-corrected chi connectivity index (χ1v) is 11.9. The largest absolute Gasteiger partial charge is 0.497 e. The molecule has 3 rings (SSSR count). The highest BCUT2D eigenvalue weighted by Crippen LogP contribution is 2.27. The smallest absolute Gasteiger partial charge is 0.278 e. The first-order valence-electron chi connectivity index (χ1n) is 11.5. The van der Waals surface area contributed by atoms with Crippen molar-refractivity contribution in [2.45, 2.75) is 20.8 Å². The predicted octanol–water partition coefficient (Wildman–Crippen LogP) is 5.91. The van der Waals surface area contributed by atoms with E-state index < -0.39 is 11.7 Å². The van der Waals surface area contributed by atoms with Crippen LogP contribution < -0.4 is 15.0 Å². The molecule has 0 radical (unpaired) electrons. The molecule has 186 valence electrons. The van der Waals surface area contributed by atoms with E-state index in [1.54, 1.807) is 30.3 Å². The number of ketones is 1. The molecule has 0 atom stereocenters. The van der Waals surface area contributed by atoms with Crippen LogP contribution in [0.3, 0.4) is 0 Å². The summed E-state index contributed by atoms with van der Waals surface area (Å²) < 4.78 is 5.16. The van der Waals surface area contributed by atoms with Gasteiger partial charge in [-0.15, -0.1) is 0 Å². The predicted molar refractivity (Wildman–Crippen MR) is 145 cm³/mol. The van der Waals surface area contributed by atoms with Crippen LogP contribution >= 0.6 is 11.6 Å². The van der Waals surface area contributed by atoms with Crippen LogP contribution in [0.4, 0.5) is 17.1 Å². The fourth-order valence-electron chi connectivity index (χ4n) is 3.65. The van der Waals surface area contributed by atoms with E-state index in [1.807, 2.05) is 19.1 Å². The quantitative estimate of drug-likeness (QED) is 0.160. The summed E-state index contributed by atoms with van der Waals surface area (Å²) in [6.07, 6.45) is 0.643. The number of nitrogens with one attached hydrogen (secondary N) is 1. The molecule has 7 nitrogen and oxygen atoms in total. The van der Waals surface area contributed by atoms with Crippen molar-refractivity contribution in [3.63, 3.8) is 0 Å². The Hall–Kier alpha value is -3.97. The Bertz CT molecular complexity index is 1300. The molecule has 0 aliphatic rings. The lowest BCUT2D eigenvalue weighted by Gasteiger charge is -2.21. The zero-order valence-electron chi connectivity index (χ0n) is 20.7. The summed E-state index contributed by atoms with van der Waals surface area (Å²) in [6.45, 7) is 7.73. The second-order valence-electron chi connectivity index (χ2n) is 7.97. The van der Waals surface area contributed by atoms with Gasteiger partial charge in [0.05, 0.1) is 23.5 Å². The number of rotatable bonds is 10. The second-order valence-corrected chi connectivity index (χ2v) is 8.38. The van der Waals surface area contributed by atoms with Crippen LogP contribution in [0, 0.1) is 6.92 Å². The molecule has 36 heavy (non-hydrogen) atoms. The van der Waals surface area contributed by atoms with Crippen molar-refractivity contribution in [2.24, 2.45) is 4.99 Å². The summed E-state index contributed by atoms with van der Waals surface area (Å²) in [5, 5.41) is 2.86. The van der Waals surface area contributed by atoms with Gasteiger partial charge in [0.1, 0.15) is 12.0 Å². The van der Waals surface area contributed by atoms with E-state index >= 15 is 0 Å². The number of amides is 1. The summed E-state index contributed by atoms with van der Waals surface area (Å²) in [5.74, 6) is -0.729. The Labute approximate surface area is 215 Å². The Morgan fingerprint density at radius 1 is 1.03 bits per heavy atom. The number of aldehydes is 1. The van der Waals surface area contributed by atoms with Gasteiger partial charge >= 0.3 is 0 Å². The maximum Gasteiger partial charge on any atom is 0.278 e. The minimum absolute atomic E-state index is 0.204. The molecule has 8 heteroatoms. The van der Waals surface area contributed by atoms with Crippen LogP contribution in [-0.4, -0.2) is 43.9 Å². The number of hydrogen-bond acceptors (Lipinski definition) is 6. The number of nitrogens with zero attached hydrogens (tertiary/aromatic N) is 2. The Morgan fingerprint density at radius 2 is 1.72 bits per heavy atom. The van der Waals surface area contributed by atoms with Crippen molar-refractivity contribution in [3.8, 4) is 5.75 Å². The molecule has 0 bridgehead atoms. The summed E-state index contributed by atoms with van der Waals surface area (Å²) in [4.78, 5) is 44.6. The third-order valence-corrected chi connectivity index (χ3v) is 6.03. The third kappa shape index (κ3) is 6.17. The number of carbonyl (C=O) groups excluding carboxylic acids is 3. The lowest BCUT2D eigenvalue weighted by atomic mass is 10.0. The first kappa shape index (κ1) is 26.6. The molecule has 0 fully saturated rings. The molecule has 0 saturated carbocycles. The van der Waals surface area contributed by atoms with Crippen molar-refractivity contribution >= 4 is 52.4 Å². The number of methoxy groups -OCH3 is 1. The van der Waals surface area contributed by atoms with E-state index in [0.29, 0.717) is 23.3 Å². The molecule has 0 heterocycles. The second kappa shape index (κ2) is 12.1. The monoisotopic (exact) mass is 505 g/mol. The van der Waals surface area contributed by atoms with E-state index in [2.05, 4.69) is 29.1 Å². The first-order chi connectivity index (χ1) is 17.3. The summed E-state index contributed by atoms with van der Waals surface area (Å²) in [6, 6.07) is 16.6. The van der Waals surface area contributed by atoms with Gasteiger partial charge in [0.2, 0.25) is 5.78 Å². The lowest BCUT2D eigenvalue weighted by molar-refractivity contribution is -0.110. The molecule has 0 aliphatic heterocycles. The number of ether oxygens (including phenoxy) is 1. The molecule has 3 aromatic carbocycles. The topological polar surface area (TPSA) is 88.1 Å². The Balaban J connectivity index is 2.05. The Kier molecular flexibility index (Phi) is 8.97. The number of aryl methyl sites for hydroxylation is 1. The summed E-state index contributed by atoms with van der Waals surface area (Å²) in [7, 11) is 1.53. The van der Waals surface area contributed by atoms with Gasteiger partial charge in [-0.05, 0) is 80.9 Å². The van der Waals surface area contributed by atoms with Gasteiger partial charge in [0, 0.05) is 29.9 Å². The van der Waals surface area contributed by atoms with Crippen LogP contribution in [0.2, 0.25) is 5.02 Å². The third-order valence-electron chi connectivity index (χ3n) is 5.70. The number of halogens is 1. The fourth-order valence-corrected chi connectivity index (χ4v) is 3.81. The molecule has 1 N–H and O–H groups in total. The minimum atomic E-state index is -0.743. The number of carbonyl (C=O) groups is 3. The number of hydrogen-bond donors (Lipinski definition) is 1. The van der Waals surface area contributed by atoms with Crippen molar-refractivity contribution in [1.29, 1.82) is 0 Å². The van der Waals surface area contributed by atoms with Gasteiger partial charge < -0.3 is 15.0 Å². The number of aliphatic imine (C=N–C) groups is 1. The molecule has 0 unspecified atom stereocenters. The van der Waals surface area contributed by atoms with E-state index in [1.165, 1.54) is 25.3 Å². The summed E-state index contributed by atoms with van der Waals surface area (Å²) >= 11 is 6.22. The minimum Gasteiger partial charge on any atom is -0.497 e. The van der Waals surface area contributed by atoms with Gasteiger partial charge in [0.15, 0.2) is 5.71 Å². The highest BCUT2D eigenvalue weighted by atomic mass is 35.5. The maximum atomic E-state index is 13.4.